The number of hydrogen-bond donors (Lipinski definition) is 1. The van der Waals surface area contributed by atoms with E-state index >= 15 is 0 Å². The van der Waals surface area contributed by atoms with E-state index in [1.54, 1.807) is 0 Å². The van der Waals surface area contributed by atoms with Gasteiger partial charge in [-0.05, 0) is 43.2 Å². The van der Waals surface area contributed by atoms with Gasteiger partial charge in [0.15, 0.2) is 0 Å². The minimum Gasteiger partial charge on any atom is -0.352 e. The van der Waals surface area contributed by atoms with Crippen LogP contribution in [0.3, 0.4) is 0 Å². The van der Waals surface area contributed by atoms with Gasteiger partial charge in [0.2, 0.25) is 5.91 Å². The lowest BCUT2D eigenvalue weighted by Gasteiger charge is -2.27. The molecule has 0 aromatic heterocycles. The number of benzene rings is 1. The summed E-state index contributed by atoms with van der Waals surface area (Å²) in [7, 11) is 0. The number of hydrogen-bond acceptors (Lipinski definition) is 1. The minimum absolute atomic E-state index is 0.155. The monoisotopic (exact) mass is 349 g/mol. The molecule has 0 bridgehead atoms. The molecule has 21 heavy (non-hydrogen) atoms. The zero-order chi connectivity index (χ0) is 14.7. The predicted molar refractivity (Wildman–Crippen MR) is 89.7 cm³/mol. The van der Waals surface area contributed by atoms with Gasteiger partial charge in [-0.15, -0.1) is 0 Å². The molecule has 3 heteroatoms. The molecular weight excluding hydrogens is 326 g/mol. The van der Waals surface area contributed by atoms with Crippen molar-refractivity contribution in [3.63, 3.8) is 0 Å². The summed E-state index contributed by atoms with van der Waals surface area (Å²) in [5.74, 6) is 0.420. The molecule has 3 unspecified atom stereocenters. The van der Waals surface area contributed by atoms with Crippen LogP contribution in [0, 0.1) is 5.92 Å². The second-order valence-electron chi connectivity index (χ2n) is 6.48. The van der Waals surface area contributed by atoms with Gasteiger partial charge in [-0.2, -0.15) is 0 Å². The van der Waals surface area contributed by atoms with Crippen LogP contribution < -0.4 is 5.32 Å². The smallest absolute Gasteiger partial charge is 0.223 e. The maximum Gasteiger partial charge on any atom is 0.223 e. The third kappa shape index (κ3) is 3.68. The van der Waals surface area contributed by atoms with Crippen molar-refractivity contribution in [3.05, 3.63) is 35.4 Å². The van der Waals surface area contributed by atoms with Crippen molar-refractivity contribution in [3.8, 4) is 0 Å². The maximum absolute atomic E-state index is 12.6. The highest BCUT2D eigenvalue weighted by Crippen LogP contribution is 2.27. The average molecular weight is 350 g/mol. The second-order valence-corrected chi connectivity index (χ2v) is 7.65. The highest BCUT2D eigenvalue weighted by molar-refractivity contribution is 9.09. The van der Waals surface area contributed by atoms with Gasteiger partial charge in [-0.1, -0.05) is 59.5 Å². The Hall–Kier alpha value is -0.830. The van der Waals surface area contributed by atoms with Gasteiger partial charge in [0.25, 0.3) is 0 Å². The lowest BCUT2D eigenvalue weighted by Crippen LogP contribution is -2.44. The molecule has 0 heterocycles. The number of carbonyl (C=O) groups excluding carboxylic acids is 1. The Morgan fingerprint density at radius 2 is 1.81 bits per heavy atom. The average Bonchev–Trinajstić information content (AvgIpc) is 2.72. The first-order valence-corrected chi connectivity index (χ1v) is 9.17. The van der Waals surface area contributed by atoms with Crippen LogP contribution in [0.15, 0.2) is 24.3 Å². The van der Waals surface area contributed by atoms with Crippen molar-refractivity contribution in [1.82, 2.24) is 5.32 Å². The summed E-state index contributed by atoms with van der Waals surface area (Å²) in [6.45, 7) is 0. The van der Waals surface area contributed by atoms with E-state index in [-0.39, 0.29) is 11.8 Å². The summed E-state index contributed by atoms with van der Waals surface area (Å²) in [5, 5.41) is 3.32. The van der Waals surface area contributed by atoms with Crippen LogP contribution >= 0.6 is 15.9 Å². The van der Waals surface area contributed by atoms with E-state index in [0.717, 1.165) is 25.7 Å². The van der Waals surface area contributed by atoms with Crippen molar-refractivity contribution in [2.75, 3.05) is 0 Å². The Morgan fingerprint density at radius 3 is 2.67 bits per heavy atom. The van der Waals surface area contributed by atoms with Crippen LogP contribution in [-0.4, -0.2) is 16.8 Å². The Kier molecular flexibility index (Phi) is 4.99. The van der Waals surface area contributed by atoms with E-state index in [2.05, 4.69) is 45.5 Å². The van der Waals surface area contributed by atoms with Crippen molar-refractivity contribution in [1.29, 1.82) is 0 Å². The number of rotatable bonds is 2. The van der Waals surface area contributed by atoms with Crippen molar-refractivity contribution in [2.24, 2.45) is 5.92 Å². The predicted octanol–water partition coefficient (Wildman–Crippen LogP) is 4.00. The first-order chi connectivity index (χ1) is 10.2. The Balaban J connectivity index is 1.61. The fourth-order valence-electron chi connectivity index (χ4n) is 3.65. The first-order valence-electron chi connectivity index (χ1n) is 8.25. The van der Waals surface area contributed by atoms with E-state index in [4.69, 9.17) is 0 Å². The Morgan fingerprint density at radius 1 is 1.05 bits per heavy atom. The molecule has 2 nitrogen and oxygen atoms in total. The summed E-state index contributed by atoms with van der Waals surface area (Å²) in [6.07, 6.45) is 9.04. The molecule has 1 N–H and O–H groups in total. The molecule has 1 saturated carbocycles. The van der Waals surface area contributed by atoms with Crippen LogP contribution in [0.25, 0.3) is 0 Å². The summed E-state index contributed by atoms with van der Waals surface area (Å²) >= 11 is 3.77. The molecule has 0 radical (unpaired) electrons. The van der Waals surface area contributed by atoms with E-state index in [0.29, 0.717) is 10.9 Å². The summed E-state index contributed by atoms with van der Waals surface area (Å²) in [6, 6.07) is 8.87. The van der Waals surface area contributed by atoms with Gasteiger partial charge in [-0.3, -0.25) is 4.79 Å². The molecule has 1 amide bonds. The molecule has 1 aromatic rings. The fourth-order valence-corrected chi connectivity index (χ4v) is 4.37. The zero-order valence-electron chi connectivity index (χ0n) is 12.5. The quantitative estimate of drug-likeness (QED) is 0.634. The molecular formula is C18H24BrNO. The van der Waals surface area contributed by atoms with Crippen LogP contribution in [-0.2, 0) is 17.6 Å². The number of halogens is 1. The van der Waals surface area contributed by atoms with Crippen LogP contribution in [0.2, 0.25) is 0 Å². The van der Waals surface area contributed by atoms with Crippen molar-refractivity contribution < 1.29 is 4.79 Å². The molecule has 0 spiro atoms. The Bertz CT molecular complexity index is 502. The lowest BCUT2D eigenvalue weighted by atomic mass is 9.83. The number of amides is 1. The van der Waals surface area contributed by atoms with Crippen LogP contribution in [0.1, 0.15) is 49.7 Å². The molecule has 1 fully saturated rings. The van der Waals surface area contributed by atoms with Crippen LogP contribution in [0.4, 0.5) is 0 Å². The van der Waals surface area contributed by atoms with Gasteiger partial charge in [0.1, 0.15) is 0 Å². The molecule has 0 saturated heterocycles. The van der Waals surface area contributed by atoms with E-state index in [9.17, 15) is 4.79 Å². The number of carbonyl (C=O) groups is 1. The molecule has 0 aliphatic heterocycles. The summed E-state index contributed by atoms with van der Waals surface area (Å²) in [4.78, 5) is 13.0. The molecule has 114 valence electrons. The first kappa shape index (κ1) is 15.1. The van der Waals surface area contributed by atoms with Crippen LogP contribution in [0.5, 0.6) is 0 Å². The zero-order valence-corrected chi connectivity index (χ0v) is 14.1. The largest absolute Gasteiger partial charge is 0.352 e. The number of nitrogens with one attached hydrogen (secondary N) is 1. The maximum atomic E-state index is 12.6. The minimum atomic E-state index is 0.155. The molecule has 2 aliphatic rings. The Labute approximate surface area is 135 Å². The molecule has 3 rings (SSSR count). The van der Waals surface area contributed by atoms with E-state index < -0.39 is 0 Å². The van der Waals surface area contributed by atoms with E-state index in [1.807, 2.05) is 0 Å². The van der Waals surface area contributed by atoms with Crippen molar-refractivity contribution in [2.45, 2.75) is 62.2 Å². The van der Waals surface area contributed by atoms with E-state index in [1.165, 1.54) is 36.8 Å². The standard InChI is InChI=1S/C18H24BrNO/c19-16-8-2-1-3-9-17(16)20-18(21)15-11-10-13-6-4-5-7-14(13)12-15/h4-7,15-17H,1-3,8-12H2,(H,20,21). The number of fused-ring (bicyclic) bond motifs is 1. The highest BCUT2D eigenvalue weighted by atomic mass is 79.9. The second kappa shape index (κ2) is 6.95. The topological polar surface area (TPSA) is 29.1 Å². The molecule has 3 atom stereocenters. The lowest BCUT2D eigenvalue weighted by molar-refractivity contribution is -0.126. The fraction of sp³-hybridized carbons (Fsp3) is 0.611. The molecule has 1 aromatic carbocycles. The van der Waals surface area contributed by atoms with Gasteiger partial charge >= 0.3 is 0 Å². The third-order valence-corrected chi connectivity index (χ3v) is 6.07. The molecule has 2 aliphatic carbocycles. The van der Waals surface area contributed by atoms with Crippen molar-refractivity contribution >= 4 is 21.8 Å². The van der Waals surface area contributed by atoms with Gasteiger partial charge in [0, 0.05) is 16.8 Å². The van der Waals surface area contributed by atoms with Gasteiger partial charge < -0.3 is 5.32 Å². The summed E-state index contributed by atoms with van der Waals surface area (Å²) < 4.78 is 0. The number of aryl methyl sites for hydroxylation is 1. The summed E-state index contributed by atoms with van der Waals surface area (Å²) in [5.41, 5.74) is 2.79. The SMILES string of the molecule is O=C(NC1CCCCCC1Br)C1CCc2ccccc2C1. The highest BCUT2D eigenvalue weighted by Gasteiger charge is 2.28. The normalized spacial score (nSPS) is 29.3. The van der Waals surface area contributed by atoms with Gasteiger partial charge in [-0.25, -0.2) is 0 Å². The van der Waals surface area contributed by atoms with Gasteiger partial charge in [0.05, 0.1) is 0 Å². The number of alkyl halides is 1. The third-order valence-electron chi connectivity index (χ3n) is 4.98.